The molecule has 1 fully saturated rings. The number of thioether (sulfide) groups is 2. The lowest BCUT2D eigenvalue weighted by molar-refractivity contribution is -0.132. The third-order valence-electron chi connectivity index (χ3n) is 4.69. The highest BCUT2D eigenvalue weighted by molar-refractivity contribution is 8.03. The topological polar surface area (TPSA) is 75.2 Å². The molecule has 2 aromatic rings. The van der Waals surface area contributed by atoms with Gasteiger partial charge in [-0.1, -0.05) is 66.4 Å². The number of benzene rings is 1. The summed E-state index contributed by atoms with van der Waals surface area (Å²) in [5.74, 6) is 1.53. The smallest absolute Gasteiger partial charge is 0.233 e. The molecule has 2 heterocycles. The molecule has 0 atom stereocenters. The summed E-state index contributed by atoms with van der Waals surface area (Å²) in [5, 5.41) is 11.3. The maximum Gasteiger partial charge on any atom is 0.233 e. The van der Waals surface area contributed by atoms with E-state index in [-0.39, 0.29) is 17.7 Å². The fourth-order valence-corrected chi connectivity index (χ4v) is 6.07. The summed E-state index contributed by atoms with van der Waals surface area (Å²) in [7, 11) is 0. The Labute approximate surface area is 184 Å². The van der Waals surface area contributed by atoms with Gasteiger partial charge in [-0.25, -0.2) is 0 Å². The summed E-state index contributed by atoms with van der Waals surface area (Å²) < 4.78 is 1.81. The molecule has 156 valence electrons. The van der Waals surface area contributed by atoms with Crippen molar-refractivity contribution in [3.63, 3.8) is 0 Å². The lowest BCUT2D eigenvalue weighted by atomic mass is 9.96. The molecule has 1 aromatic heterocycles. The predicted molar refractivity (Wildman–Crippen MR) is 121 cm³/mol. The number of carbonyl (C=O) groups is 2. The Morgan fingerprint density at radius 3 is 2.52 bits per heavy atom. The molecule has 1 N–H and O–H groups in total. The number of amides is 2. The van der Waals surface area contributed by atoms with Gasteiger partial charge in [-0.15, -0.1) is 10.2 Å². The number of hydrogen-bond donors (Lipinski definition) is 1. The number of para-hydroxylation sites is 1. The zero-order valence-electron chi connectivity index (χ0n) is 16.5. The van der Waals surface area contributed by atoms with Crippen LogP contribution in [0.15, 0.2) is 39.0 Å². The second-order valence-corrected chi connectivity index (χ2v) is 10.4. The number of rotatable bonds is 9. The van der Waals surface area contributed by atoms with E-state index < -0.39 is 0 Å². The number of nitrogens with one attached hydrogen (secondary N) is 1. The predicted octanol–water partition coefficient (Wildman–Crippen LogP) is 4.40. The second kappa shape index (κ2) is 11.6. The summed E-state index contributed by atoms with van der Waals surface area (Å²) in [6.45, 7) is 3.42. The van der Waals surface area contributed by atoms with Crippen molar-refractivity contribution >= 4 is 52.4 Å². The zero-order chi connectivity index (χ0) is 20.5. The molecule has 0 spiro atoms. The number of anilines is 1. The Kier molecular flexibility index (Phi) is 8.82. The Bertz CT molecular complexity index is 792. The first-order chi connectivity index (χ1) is 14.2. The van der Waals surface area contributed by atoms with Crippen molar-refractivity contribution in [2.75, 3.05) is 29.9 Å². The molecule has 6 nitrogen and oxygen atoms in total. The van der Waals surface area contributed by atoms with E-state index in [1.165, 1.54) is 24.6 Å². The zero-order valence-corrected chi connectivity index (χ0v) is 19.0. The average molecular weight is 451 g/mol. The number of unbranched alkanes of at least 4 members (excludes halogenated alkanes) is 1. The highest BCUT2D eigenvalue weighted by atomic mass is 32.2. The van der Waals surface area contributed by atoms with E-state index in [1.54, 1.807) is 23.1 Å². The van der Waals surface area contributed by atoms with Gasteiger partial charge in [-0.3, -0.25) is 9.59 Å². The van der Waals surface area contributed by atoms with E-state index in [0.717, 1.165) is 20.1 Å². The quantitative estimate of drug-likeness (QED) is 0.451. The van der Waals surface area contributed by atoms with Gasteiger partial charge in [-0.2, -0.15) is 0 Å². The number of aromatic nitrogens is 2. The van der Waals surface area contributed by atoms with Crippen LogP contribution >= 0.6 is 34.9 Å². The Balaban J connectivity index is 1.38. The van der Waals surface area contributed by atoms with Crippen LogP contribution < -0.4 is 5.32 Å². The van der Waals surface area contributed by atoms with Crippen LogP contribution in [-0.4, -0.2) is 51.5 Å². The van der Waals surface area contributed by atoms with Crippen LogP contribution in [0.4, 0.5) is 5.69 Å². The largest absolute Gasteiger partial charge is 0.342 e. The molecular weight excluding hydrogens is 424 g/mol. The second-order valence-electron chi connectivity index (χ2n) is 6.83. The normalized spacial score (nSPS) is 14.7. The molecule has 1 aliphatic rings. The van der Waals surface area contributed by atoms with Crippen molar-refractivity contribution in [1.82, 2.24) is 15.1 Å². The number of nitrogens with zero attached hydrogens (tertiary/aromatic N) is 3. The molecule has 29 heavy (non-hydrogen) atoms. The molecule has 0 aliphatic carbocycles. The minimum Gasteiger partial charge on any atom is -0.342 e. The molecule has 1 aromatic carbocycles. The number of likely N-dealkylation sites (tertiary alicyclic amines) is 1. The molecule has 0 radical (unpaired) electrons. The Hall–Kier alpha value is -1.58. The van der Waals surface area contributed by atoms with Crippen molar-refractivity contribution in [3.05, 3.63) is 30.3 Å². The molecule has 1 saturated heterocycles. The van der Waals surface area contributed by atoms with Crippen LogP contribution in [-0.2, 0) is 9.59 Å². The van der Waals surface area contributed by atoms with Crippen LogP contribution in [0, 0.1) is 5.92 Å². The van der Waals surface area contributed by atoms with Gasteiger partial charge in [0, 0.05) is 30.4 Å². The lowest BCUT2D eigenvalue weighted by Gasteiger charge is -2.31. The lowest BCUT2D eigenvalue weighted by Crippen LogP contribution is -2.42. The summed E-state index contributed by atoms with van der Waals surface area (Å²) in [6, 6.07) is 9.49. The SMILES string of the molecule is CCCCSc1nnc(SCC(=O)N2CCC(C(=O)Nc3ccccc3)CC2)s1. The van der Waals surface area contributed by atoms with Gasteiger partial charge in [0.2, 0.25) is 11.8 Å². The van der Waals surface area contributed by atoms with Crippen LogP contribution in [0.5, 0.6) is 0 Å². The van der Waals surface area contributed by atoms with Crippen LogP contribution in [0.25, 0.3) is 0 Å². The average Bonchev–Trinajstić information content (AvgIpc) is 3.21. The number of carbonyl (C=O) groups excluding carboxylic acids is 2. The van der Waals surface area contributed by atoms with E-state index in [1.807, 2.05) is 35.2 Å². The summed E-state index contributed by atoms with van der Waals surface area (Å²) >= 11 is 4.74. The highest BCUT2D eigenvalue weighted by Crippen LogP contribution is 2.29. The van der Waals surface area contributed by atoms with E-state index in [9.17, 15) is 9.59 Å². The van der Waals surface area contributed by atoms with Gasteiger partial charge in [0.15, 0.2) is 8.68 Å². The molecule has 3 rings (SSSR count). The van der Waals surface area contributed by atoms with Crippen molar-refractivity contribution in [1.29, 1.82) is 0 Å². The fourth-order valence-electron chi connectivity index (χ4n) is 2.99. The monoisotopic (exact) mass is 450 g/mol. The van der Waals surface area contributed by atoms with Gasteiger partial charge >= 0.3 is 0 Å². The third-order valence-corrected chi connectivity index (χ3v) is 7.95. The Morgan fingerprint density at radius 2 is 1.83 bits per heavy atom. The first kappa shape index (κ1) is 22.1. The van der Waals surface area contributed by atoms with E-state index >= 15 is 0 Å². The van der Waals surface area contributed by atoms with Crippen LogP contribution in [0.2, 0.25) is 0 Å². The van der Waals surface area contributed by atoms with E-state index in [0.29, 0.717) is 31.7 Å². The van der Waals surface area contributed by atoms with Crippen LogP contribution in [0.3, 0.4) is 0 Å². The van der Waals surface area contributed by atoms with Gasteiger partial charge < -0.3 is 10.2 Å². The number of hydrogen-bond acceptors (Lipinski definition) is 7. The first-order valence-corrected chi connectivity index (χ1v) is 12.7. The number of piperidine rings is 1. The third kappa shape index (κ3) is 7.01. The minimum absolute atomic E-state index is 0.0413. The van der Waals surface area contributed by atoms with E-state index in [2.05, 4.69) is 22.4 Å². The molecular formula is C20H26N4O2S3. The molecule has 2 amide bonds. The minimum atomic E-state index is -0.0437. The van der Waals surface area contributed by atoms with Gasteiger partial charge in [0.25, 0.3) is 0 Å². The van der Waals surface area contributed by atoms with Gasteiger partial charge in [0.1, 0.15) is 0 Å². The fraction of sp³-hybridized carbons (Fsp3) is 0.500. The molecule has 0 bridgehead atoms. The van der Waals surface area contributed by atoms with Crippen LogP contribution in [0.1, 0.15) is 32.6 Å². The highest BCUT2D eigenvalue weighted by Gasteiger charge is 2.27. The molecule has 0 saturated carbocycles. The van der Waals surface area contributed by atoms with Crippen molar-refractivity contribution < 1.29 is 9.59 Å². The summed E-state index contributed by atoms with van der Waals surface area (Å²) in [4.78, 5) is 26.8. The standard InChI is InChI=1S/C20H26N4O2S3/c1-2-3-13-27-19-22-23-20(29-19)28-14-17(25)24-11-9-15(10-12-24)18(26)21-16-7-5-4-6-8-16/h4-8,15H,2-3,9-14H2,1H3,(H,21,26). The molecule has 9 heteroatoms. The van der Waals surface area contributed by atoms with Gasteiger partial charge in [-0.05, 0) is 31.4 Å². The van der Waals surface area contributed by atoms with E-state index in [4.69, 9.17) is 0 Å². The summed E-state index contributed by atoms with van der Waals surface area (Å²) in [6.07, 6.45) is 3.75. The molecule has 0 unspecified atom stereocenters. The maximum atomic E-state index is 12.5. The molecule has 1 aliphatic heterocycles. The van der Waals surface area contributed by atoms with Crippen molar-refractivity contribution in [2.24, 2.45) is 5.92 Å². The first-order valence-electron chi connectivity index (χ1n) is 9.88. The van der Waals surface area contributed by atoms with Crippen molar-refractivity contribution in [2.45, 2.75) is 41.3 Å². The Morgan fingerprint density at radius 1 is 1.14 bits per heavy atom. The maximum absolute atomic E-state index is 12.5. The van der Waals surface area contributed by atoms with Crippen molar-refractivity contribution in [3.8, 4) is 0 Å². The van der Waals surface area contributed by atoms with Gasteiger partial charge in [0.05, 0.1) is 5.75 Å². The summed E-state index contributed by atoms with van der Waals surface area (Å²) in [5.41, 5.74) is 0.816.